The summed E-state index contributed by atoms with van der Waals surface area (Å²) in [7, 11) is 0. The lowest BCUT2D eigenvalue weighted by molar-refractivity contribution is -0.104. The number of hydrogen-bond acceptors (Lipinski definition) is 1. The van der Waals surface area contributed by atoms with Crippen LogP contribution in [0.15, 0.2) is 90.6 Å². The van der Waals surface area contributed by atoms with Crippen molar-refractivity contribution in [2.45, 2.75) is 6.92 Å². The average Bonchev–Trinajstić information content (AvgIpc) is 2.60. The smallest absolute Gasteiger partial charge is 0.143 e. The zero-order valence-corrected chi connectivity index (χ0v) is 14.3. The molecule has 0 fully saturated rings. The molecule has 0 saturated carbocycles. The quantitative estimate of drug-likeness (QED) is 0.352. The molecule has 0 aliphatic heterocycles. The summed E-state index contributed by atoms with van der Waals surface area (Å²) in [5.74, 6) is 0. The van der Waals surface area contributed by atoms with Crippen LogP contribution in [0.1, 0.15) is 18.1 Å². The van der Waals surface area contributed by atoms with Crippen LogP contribution in [0.4, 0.5) is 0 Å². The molecule has 0 aliphatic carbocycles. The van der Waals surface area contributed by atoms with Crippen molar-refractivity contribution in [3.05, 3.63) is 107 Å². The van der Waals surface area contributed by atoms with E-state index in [1.165, 1.54) is 6.08 Å². The Bertz CT molecular complexity index is 778. The normalized spacial score (nSPS) is 12.9. The lowest BCUT2D eigenvalue weighted by Crippen LogP contribution is -1.80. The van der Waals surface area contributed by atoms with Gasteiger partial charge in [-0.1, -0.05) is 84.4 Å². The molecule has 1 nitrogen and oxygen atoms in total. The Morgan fingerprint density at radius 2 is 1.62 bits per heavy atom. The topological polar surface area (TPSA) is 17.1 Å². The summed E-state index contributed by atoms with van der Waals surface area (Å²) in [5.41, 5.74) is 4.21. The summed E-state index contributed by atoms with van der Waals surface area (Å²) >= 11 is 5.92. The number of carbonyl (C=O) groups is 1. The first-order valence-electron chi connectivity index (χ1n) is 7.68. The molecular weight excluding hydrogens is 316 g/mol. The number of rotatable bonds is 6. The van der Waals surface area contributed by atoms with Gasteiger partial charge in [-0.2, -0.15) is 0 Å². The molecule has 0 radical (unpaired) electrons. The van der Waals surface area contributed by atoms with Crippen LogP contribution in [0.5, 0.6) is 0 Å². The van der Waals surface area contributed by atoms with E-state index in [-0.39, 0.29) is 0 Å². The van der Waals surface area contributed by atoms with Gasteiger partial charge in [0.25, 0.3) is 0 Å². The maximum Gasteiger partial charge on any atom is 0.143 e. The van der Waals surface area contributed by atoms with Gasteiger partial charge < -0.3 is 0 Å². The second-order valence-corrected chi connectivity index (χ2v) is 5.72. The van der Waals surface area contributed by atoms with Crippen molar-refractivity contribution in [2.75, 3.05) is 0 Å². The van der Waals surface area contributed by atoms with E-state index in [9.17, 15) is 4.79 Å². The molecular formula is C22H19ClO. The third-order valence-corrected chi connectivity index (χ3v) is 3.65. The molecule has 2 heteroatoms. The predicted octanol–water partition coefficient (Wildman–Crippen LogP) is 6.14. The van der Waals surface area contributed by atoms with Gasteiger partial charge in [-0.05, 0) is 47.4 Å². The van der Waals surface area contributed by atoms with E-state index < -0.39 is 0 Å². The third kappa shape index (κ3) is 5.86. The van der Waals surface area contributed by atoms with Crippen molar-refractivity contribution in [2.24, 2.45) is 0 Å². The van der Waals surface area contributed by atoms with Crippen LogP contribution in [0.25, 0.3) is 11.6 Å². The van der Waals surface area contributed by atoms with E-state index in [0.717, 1.165) is 33.6 Å². The molecule has 0 unspecified atom stereocenters. The van der Waals surface area contributed by atoms with Gasteiger partial charge in [0.2, 0.25) is 0 Å². The molecule has 0 atom stereocenters. The maximum absolute atomic E-state index is 10.5. The Kier molecular flexibility index (Phi) is 7.00. The third-order valence-electron chi connectivity index (χ3n) is 3.40. The van der Waals surface area contributed by atoms with Gasteiger partial charge >= 0.3 is 0 Å². The van der Waals surface area contributed by atoms with Gasteiger partial charge in [0.05, 0.1) is 0 Å². The number of benzene rings is 2. The van der Waals surface area contributed by atoms with Crippen molar-refractivity contribution in [1.29, 1.82) is 0 Å². The molecule has 2 aromatic rings. The molecule has 2 rings (SSSR count). The van der Waals surface area contributed by atoms with E-state index in [2.05, 4.69) is 24.3 Å². The lowest BCUT2D eigenvalue weighted by atomic mass is 10.0. The number of halogens is 1. The fraction of sp³-hybridized carbons (Fsp3) is 0.0455. The molecule has 24 heavy (non-hydrogen) atoms. The predicted molar refractivity (Wildman–Crippen MR) is 104 cm³/mol. The molecule has 0 aliphatic rings. The molecule has 0 bridgehead atoms. The molecule has 120 valence electrons. The molecule has 0 N–H and O–H groups in total. The fourth-order valence-corrected chi connectivity index (χ4v) is 2.23. The Morgan fingerprint density at radius 3 is 2.29 bits per heavy atom. The lowest BCUT2D eigenvalue weighted by Gasteiger charge is -2.02. The summed E-state index contributed by atoms with van der Waals surface area (Å²) in [5, 5.41) is 0.728. The van der Waals surface area contributed by atoms with Crippen molar-refractivity contribution in [1.82, 2.24) is 0 Å². The van der Waals surface area contributed by atoms with Crippen LogP contribution >= 0.6 is 11.6 Å². The Balaban J connectivity index is 2.28. The summed E-state index contributed by atoms with van der Waals surface area (Å²) in [4.78, 5) is 10.5. The average molecular weight is 335 g/mol. The van der Waals surface area contributed by atoms with E-state index >= 15 is 0 Å². The summed E-state index contributed by atoms with van der Waals surface area (Å²) in [6, 6.07) is 17.9. The SMILES string of the molecule is CC(C=CC=C(C=Cc1ccc(Cl)cc1)c1ccccc1)=CC=O. The molecule has 0 aromatic heterocycles. The highest BCUT2D eigenvalue weighted by molar-refractivity contribution is 6.30. The summed E-state index contributed by atoms with van der Waals surface area (Å²) in [6.07, 6.45) is 12.3. The minimum absolute atomic E-state index is 0.728. The van der Waals surface area contributed by atoms with Crippen LogP contribution in [0.3, 0.4) is 0 Å². The van der Waals surface area contributed by atoms with Crippen LogP contribution < -0.4 is 0 Å². The van der Waals surface area contributed by atoms with Gasteiger partial charge in [-0.3, -0.25) is 4.79 Å². The minimum Gasteiger partial charge on any atom is -0.299 e. The van der Waals surface area contributed by atoms with Gasteiger partial charge in [-0.15, -0.1) is 0 Å². The number of aldehydes is 1. The van der Waals surface area contributed by atoms with Crippen LogP contribution in [-0.2, 0) is 4.79 Å². The van der Waals surface area contributed by atoms with Gasteiger partial charge in [-0.25, -0.2) is 0 Å². The zero-order chi connectivity index (χ0) is 17.2. The highest BCUT2D eigenvalue weighted by atomic mass is 35.5. The second-order valence-electron chi connectivity index (χ2n) is 5.28. The van der Waals surface area contributed by atoms with Gasteiger partial charge in [0.1, 0.15) is 6.29 Å². The van der Waals surface area contributed by atoms with Crippen LogP contribution in [-0.4, -0.2) is 6.29 Å². The number of allylic oxidation sites excluding steroid dienone is 7. The van der Waals surface area contributed by atoms with Crippen molar-refractivity contribution >= 4 is 29.5 Å². The highest BCUT2D eigenvalue weighted by Crippen LogP contribution is 2.18. The molecule has 2 aromatic carbocycles. The van der Waals surface area contributed by atoms with Crippen molar-refractivity contribution in [3.63, 3.8) is 0 Å². The van der Waals surface area contributed by atoms with E-state index in [0.29, 0.717) is 0 Å². The van der Waals surface area contributed by atoms with Gasteiger partial charge in [0, 0.05) is 5.02 Å². The van der Waals surface area contributed by atoms with Crippen molar-refractivity contribution in [3.8, 4) is 0 Å². The molecule has 0 amide bonds. The van der Waals surface area contributed by atoms with E-state index in [1.54, 1.807) is 0 Å². The number of carbonyl (C=O) groups excluding carboxylic acids is 1. The first-order valence-corrected chi connectivity index (χ1v) is 8.06. The van der Waals surface area contributed by atoms with Crippen molar-refractivity contribution < 1.29 is 4.79 Å². The Labute approximate surface area is 148 Å². The molecule has 0 spiro atoms. The van der Waals surface area contributed by atoms with E-state index in [4.69, 9.17) is 11.6 Å². The minimum atomic E-state index is 0.728. The summed E-state index contributed by atoms with van der Waals surface area (Å²) < 4.78 is 0. The number of hydrogen-bond donors (Lipinski definition) is 0. The molecule has 0 saturated heterocycles. The van der Waals surface area contributed by atoms with Crippen LogP contribution in [0.2, 0.25) is 5.02 Å². The van der Waals surface area contributed by atoms with Gasteiger partial charge in [0.15, 0.2) is 0 Å². The summed E-state index contributed by atoms with van der Waals surface area (Å²) in [6.45, 7) is 1.89. The monoisotopic (exact) mass is 334 g/mol. The Morgan fingerprint density at radius 1 is 0.917 bits per heavy atom. The molecule has 0 heterocycles. The first-order chi connectivity index (χ1) is 11.7. The standard InChI is InChI=1S/C22H19ClO/c1-18(16-17-24)6-5-9-21(20-7-3-2-4-8-20)13-10-19-11-14-22(23)15-12-19/h2-17H,1H3. The maximum atomic E-state index is 10.5. The second kappa shape index (κ2) is 9.49. The largest absolute Gasteiger partial charge is 0.299 e. The fourth-order valence-electron chi connectivity index (χ4n) is 2.10. The Hall–Kier alpha value is -2.64. The van der Waals surface area contributed by atoms with Crippen LogP contribution in [0, 0.1) is 0 Å². The highest BCUT2D eigenvalue weighted by Gasteiger charge is 1.96. The zero-order valence-electron chi connectivity index (χ0n) is 13.5. The first kappa shape index (κ1) is 17.7. The van der Waals surface area contributed by atoms with E-state index in [1.807, 2.05) is 67.6 Å².